The van der Waals surface area contributed by atoms with Crippen LogP contribution in [-0.2, 0) is 5.54 Å². The fourth-order valence-electron chi connectivity index (χ4n) is 5.20. The molecule has 1 heterocycles. The molecule has 27 heavy (non-hydrogen) atoms. The number of nitrogens with zero attached hydrogens (tertiary/aromatic N) is 2. The zero-order valence-corrected chi connectivity index (χ0v) is 16.7. The molecule has 2 aromatic carbocycles. The SMILES string of the molecule is COc1cccc([C@@]2(N3CCN(c4ccccc4)CC3)CCCC(C)C2)c1. The number of benzene rings is 2. The monoisotopic (exact) mass is 364 g/mol. The molecule has 1 unspecified atom stereocenters. The van der Waals surface area contributed by atoms with E-state index in [1.54, 1.807) is 7.11 Å². The normalized spacial score (nSPS) is 26.7. The van der Waals surface area contributed by atoms with E-state index in [1.807, 2.05) is 0 Å². The maximum Gasteiger partial charge on any atom is 0.119 e. The van der Waals surface area contributed by atoms with Gasteiger partial charge in [0.25, 0.3) is 0 Å². The van der Waals surface area contributed by atoms with Gasteiger partial charge in [0.15, 0.2) is 0 Å². The maximum absolute atomic E-state index is 5.55. The Morgan fingerprint density at radius 1 is 0.963 bits per heavy atom. The van der Waals surface area contributed by atoms with Crippen LogP contribution in [0.25, 0.3) is 0 Å². The average Bonchev–Trinajstić information content (AvgIpc) is 2.74. The topological polar surface area (TPSA) is 15.7 Å². The number of methoxy groups -OCH3 is 1. The Balaban J connectivity index is 1.58. The lowest BCUT2D eigenvalue weighted by atomic mass is 9.71. The molecule has 1 aliphatic heterocycles. The summed E-state index contributed by atoms with van der Waals surface area (Å²) in [5, 5.41) is 0. The van der Waals surface area contributed by atoms with E-state index < -0.39 is 0 Å². The summed E-state index contributed by atoms with van der Waals surface area (Å²) in [5.74, 6) is 1.75. The van der Waals surface area contributed by atoms with Gasteiger partial charge in [-0.1, -0.05) is 50.1 Å². The molecule has 0 aromatic heterocycles. The average molecular weight is 365 g/mol. The third kappa shape index (κ3) is 3.70. The highest BCUT2D eigenvalue weighted by Crippen LogP contribution is 2.45. The van der Waals surface area contributed by atoms with Crippen LogP contribution in [-0.4, -0.2) is 38.2 Å². The molecule has 2 aromatic rings. The number of rotatable bonds is 4. The first-order valence-electron chi connectivity index (χ1n) is 10.4. The molecule has 2 fully saturated rings. The van der Waals surface area contributed by atoms with E-state index in [2.05, 4.69) is 71.3 Å². The van der Waals surface area contributed by atoms with Crippen LogP contribution in [0.15, 0.2) is 54.6 Å². The molecule has 144 valence electrons. The van der Waals surface area contributed by atoms with Gasteiger partial charge in [0.2, 0.25) is 0 Å². The van der Waals surface area contributed by atoms with E-state index in [0.29, 0.717) is 0 Å². The summed E-state index contributed by atoms with van der Waals surface area (Å²) >= 11 is 0. The first kappa shape index (κ1) is 18.4. The van der Waals surface area contributed by atoms with E-state index in [4.69, 9.17) is 4.74 Å². The minimum Gasteiger partial charge on any atom is -0.497 e. The standard InChI is InChI=1S/C24H32N2O/c1-20-8-7-13-24(19-20,21-9-6-12-23(18-21)27-2)26-16-14-25(15-17-26)22-10-4-3-5-11-22/h3-6,9-12,18,20H,7-8,13-17,19H2,1-2H3/t20?,24-/m1/s1. The van der Waals surface area contributed by atoms with Gasteiger partial charge >= 0.3 is 0 Å². The van der Waals surface area contributed by atoms with E-state index in [0.717, 1.165) is 37.8 Å². The van der Waals surface area contributed by atoms with Crippen molar-refractivity contribution in [2.75, 3.05) is 38.2 Å². The summed E-state index contributed by atoms with van der Waals surface area (Å²) in [6.07, 6.45) is 5.19. The largest absolute Gasteiger partial charge is 0.497 e. The van der Waals surface area contributed by atoms with Crippen LogP contribution in [0.5, 0.6) is 5.75 Å². The highest BCUT2D eigenvalue weighted by atomic mass is 16.5. The van der Waals surface area contributed by atoms with E-state index in [9.17, 15) is 0 Å². The van der Waals surface area contributed by atoms with Crippen LogP contribution in [0.1, 0.15) is 38.2 Å². The molecular formula is C24H32N2O. The second kappa shape index (κ2) is 7.93. The van der Waals surface area contributed by atoms with Crippen molar-refractivity contribution < 1.29 is 4.74 Å². The number of ether oxygens (including phenoxy) is 1. The zero-order chi connectivity index (χ0) is 18.7. The molecule has 1 saturated heterocycles. The Labute approximate surface area is 163 Å². The van der Waals surface area contributed by atoms with Crippen LogP contribution in [0.2, 0.25) is 0 Å². The second-order valence-corrected chi connectivity index (χ2v) is 8.27. The first-order chi connectivity index (χ1) is 13.2. The lowest BCUT2D eigenvalue weighted by Crippen LogP contribution is -2.57. The summed E-state index contributed by atoms with van der Waals surface area (Å²) < 4.78 is 5.55. The first-order valence-corrected chi connectivity index (χ1v) is 10.4. The quantitative estimate of drug-likeness (QED) is 0.766. The van der Waals surface area contributed by atoms with Crippen LogP contribution in [0.4, 0.5) is 5.69 Å². The van der Waals surface area contributed by atoms with E-state index >= 15 is 0 Å². The fourth-order valence-corrected chi connectivity index (χ4v) is 5.20. The Morgan fingerprint density at radius 3 is 2.44 bits per heavy atom. The van der Waals surface area contributed by atoms with E-state index in [-0.39, 0.29) is 5.54 Å². The molecule has 0 radical (unpaired) electrons. The van der Waals surface area contributed by atoms with Gasteiger partial charge in [0, 0.05) is 37.4 Å². The summed E-state index contributed by atoms with van der Waals surface area (Å²) in [6, 6.07) is 19.7. The molecule has 2 atom stereocenters. The van der Waals surface area contributed by atoms with Crippen molar-refractivity contribution >= 4 is 5.69 Å². The van der Waals surface area contributed by atoms with Crippen molar-refractivity contribution in [1.29, 1.82) is 0 Å². The van der Waals surface area contributed by atoms with Crippen molar-refractivity contribution in [2.45, 2.75) is 38.1 Å². The smallest absolute Gasteiger partial charge is 0.119 e. The van der Waals surface area contributed by atoms with Gasteiger partial charge in [-0.15, -0.1) is 0 Å². The number of hydrogen-bond donors (Lipinski definition) is 0. The van der Waals surface area contributed by atoms with Gasteiger partial charge in [0.1, 0.15) is 5.75 Å². The van der Waals surface area contributed by atoms with Gasteiger partial charge < -0.3 is 9.64 Å². The predicted octanol–water partition coefficient (Wildman–Crippen LogP) is 4.92. The summed E-state index contributed by atoms with van der Waals surface area (Å²) in [7, 11) is 1.77. The van der Waals surface area contributed by atoms with Crippen LogP contribution < -0.4 is 9.64 Å². The fraction of sp³-hybridized carbons (Fsp3) is 0.500. The third-order valence-corrected chi connectivity index (χ3v) is 6.59. The molecule has 2 aliphatic rings. The molecule has 1 aliphatic carbocycles. The molecular weight excluding hydrogens is 332 g/mol. The molecule has 0 N–H and O–H groups in total. The van der Waals surface area contributed by atoms with Crippen molar-refractivity contribution in [2.24, 2.45) is 5.92 Å². The van der Waals surface area contributed by atoms with Gasteiger partial charge in [-0.2, -0.15) is 0 Å². The Hall–Kier alpha value is -2.00. The number of para-hydroxylation sites is 1. The van der Waals surface area contributed by atoms with Gasteiger partial charge in [-0.25, -0.2) is 0 Å². The third-order valence-electron chi connectivity index (χ3n) is 6.59. The number of piperazine rings is 1. The molecule has 3 nitrogen and oxygen atoms in total. The molecule has 1 saturated carbocycles. The second-order valence-electron chi connectivity index (χ2n) is 8.27. The molecule has 3 heteroatoms. The Kier molecular flexibility index (Phi) is 5.40. The zero-order valence-electron chi connectivity index (χ0n) is 16.7. The van der Waals surface area contributed by atoms with Crippen molar-refractivity contribution in [3.8, 4) is 5.75 Å². The van der Waals surface area contributed by atoms with Crippen LogP contribution >= 0.6 is 0 Å². The highest BCUT2D eigenvalue weighted by molar-refractivity contribution is 5.46. The van der Waals surface area contributed by atoms with Crippen molar-refractivity contribution in [3.63, 3.8) is 0 Å². The lowest BCUT2D eigenvalue weighted by molar-refractivity contribution is 0.0241. The van der Waals surface area contributed by atoms with Gasteiger partial charge in [-0.3, -0.25) is 4.90 Å². The van der Waals surface area contributed by atoms with Crippen molar-refractivity contribution in [3.05, 3.63) is 60.2 Å². The Bertz CT molecular complexity index is 739. The molecule has 0 bridgehead atoms. The van der Waals surface area contributed by atoms with Crippen LogP contribution in [0, 0.1) is 5.92 Å². The minimum atomic E-state index is 0.162. The molecule has 0 amide bonds. The lowest BCUT2D eigenvalue weighted by Gasteiger charge is -2.52. The summed E-state index contributed by atoms with van der Waals surface area (Å²) in [5.41, 5.74) is 2.96. The molecule has 4 rings (SSSR count). The van der Waals surface area contributed by atoms with Gasteiger partial charge in [-0.05, 0) is 48.6 Å². The maximum atomic E-state index is 5.55. The summed E-state index contributed by atoms with van der Waals surface area (Å²) in [6.45, 7) is 6.88. The van der Waals surface area contributed by atoms with Gasteiger partial charge in [0.05, 0.1) is 7.11 Å². The van der Waals surface area contributed by atoms with Crippen LogP contribution in [0.3, 0.4) is 0 Å². The van der Waals surface area contributed by atoms with Crippen molar-refractivity contribution in [1.82, 2.24) is 4.90 Å². The minimum absolute atomic E-state index is 0.162. The summed E-state index contributed by atoms with van der Waals surface area (Å²) in [4.78, 5) is 5.30. The molecule has 0 spiro atoms. The number of hydrogen-bond acceptors (Lipinski definition) is 3. The predicted molar refractivity (Wildman–Crippen MR) is 113 cm³/mol. The Morgan fingerprint density at radius 2 is 1.74 bits per heavy atom. The number of anilines is 1. The van der Waals surface area contributed by atoms with E-state index in [1.165, 1.54) is 36.9 Å². The highest BCUT2D eigenvalue weighted by Gasteiger charge is 2.42.